The van der Waals surface area contributed by atoms with Crippen LogP contribution in [0, 0.1) is 35.5 Å². The number of fused-ring (bicyclic) bond motifs is 2. The van der Waals surface area contributed by atoms with Crippen LogP contribution in [0.1, 0.15) is 135 Å². The van der Waals surface area contributed by atoms with Crippen LogP contribution >= 0.6 is 0 Å². The minimum atomic E-state index is -2.79. The Kier molecular flexibility index (Phi) is 26.3. The molecule has 1 unspecified atom stereocenters. The van der Waals surface area contributed by atoms with Gasteiger partial charge in [-0.15, -0.1) is 0 Å². The lowest BCUT2D eigenvalue weighted by atomic mass is 9.78. The van der Waals surface area contributed by atoms with Gasteiger partial charge in [-0.2, -0.15) is 0 Å². The van der Waals surface area contributed by atoms with Crippen LogP contribution in [0.2, 0.25) is 23.2 Å². The molecule has 2 heterocycles. The standard InChI is InChI=1S/C64H106O11Si2/c1-43-33-36-52(75-76(18,19)63(8,9)10)39-50-27-26-28-51(73-50)40-56(68-14)47(5)57(69-15)41-58(70-16)48(6)62(74-59(66)38-34-43)49(7)60(67)44(2)35-37-55(65)46(4)61(71-17)45(3)42-72-77(64(11,12)13,53-29-22-20-23-30-53)54-31-24-21-25-32-54/h20-27,29-34,38,44-52,55-58,60-62,65,67H,28,35-37,39-42H2,1-19H3/b38-34+,43-33+/t44-,45+,46-,47+,48-,49-,50-,51-,52-,55?,56-,57-,58+,60-,61+,62-/m0/s1. The molecule has 0 amide bonds. The van der Waals surface area contributed by atoms with Crippen molar-refractivity contribution in [2.75, 3.05) is 35.0 Å². The second-order valence-electron chi connectivity index (χ2n) is 25.6. The average molecular weight is 1110 g/mol. The Morgan fingerprint density at radius 2 is 1.27 bits per heavy atom. The first kappa shape index (κ1) is 66.7. The molecule has 0 radical (unpaired) electrons. The molecule has 2 aromatic carbocycles. The summed E-state index contributed by atoms with van der Waals surface area (Å²) in [5.41, 5.74) is 0.920. The molecule has 0 fully saturated rings. The Balaban J connectivity index is 1.57. The first-order valence-corrected chi connectivity index (χ1v) is 33.7. The molecule has 77 heavy (non-hydrogen) atoms. The Labute approximate surface area is 469 Å². The van der Waals surface area contributed by atoms with Gasteiger partial charge in [-0.05, 0) is 72.1 Å². The van der Waals surface area contributed by atoms with Gasteiger partial charge in [0.1, 0.15) is 6.10 Å². The number of benzene rings is 2. The quantitative estimate of drug-likeness (QED) is 0.0746. The minimum absolute atomic E-state index is 0.0274. The van der Waals surface area contributed by atoms with Crippen LogP contribution in [0.3, 0.4) is 0 Å². The number of esters is 1. The molecule has 13 heteroatoms. The summed E-state index contributed by atoms with van der Waals surface area (Å²) in [5.74, 6) is -1.88. The number of hydrogen-bond donors (Lipinski definition) is 2. The van der Waals surface area contributed by atoms with E-state index in [1.807, 2.05) is 40.7 Å². The van der Waals surface area contributed by atoms with E-state index in [2.05, 4.69) is 147 Å². The van der Waals surface area contributed by atoms with Crippen LogP contribution in [0.15, 0.2) is 96.6 Å². The minimum Gasteiger partial charge on any atom is -0.458 e. The number of carbonyl (C=O) groups is 1. The van der Waals surface area contributed by atoms with Gasteiger partial charge in [-0.25, -0.2) is 4.79 Å². The Bertz CT molecular complexity index is 2080. The van der Waals surface area contributed by atoms with E-state index >= 15 is 0 Å². The highest BCUT2D eigenvalue weighted by Crippen LogP contribution is 2.41. The summed E-state index contributed by atoms with van der Waals surface area (Å²) in [5, 5.41) is 26.5. The smallest absolute Gasteiger partial charge is 0.331 e. The normalized spacial score (nSPS) is 28.9. The number of hydrogen-bond acceptors (Lipinski definition) is 11. The molecule has 0 aliphatic carbocycles. The topological polar surface area (TPSA) is 131 Å². The van der Waals surface area contributed by atoms with E-state index in [4.69, 9.17) is 37.3 Å². The Morgan fingerprint density at radius 3 is 1.81 bits per heavy atom. The average Bonchev–Trinajstić information content (AvgIpc) is 3.40. The van der Waals surface area contributed by atoms with Gasteiger partial charge in [0.15, 0.2) is 8.32 Å². The third-order valence-corrected chi connectivity index (χ3v) is 27.5. The van der Waals surface area contributed by atoms with Crippen LogP contribution in [-0.4, -0.2) is 129 Å². The monoisotopic (exact) mass is 1110 g/mol. The highest BCUT2D eigenvalue weighted by molar-refractivity contribution is 6.99. The molecule has 2 aliphatic rings. The third-order valence-electron chi connectivity index (χ3n) is 18.0. The van der Waals surface area contributed by atoms with Gasteiger partial charge in [0.25, 0.3) is 8.32 Å². The van der Waals surface area contributed by atoms with Crippen molar-refractivity contribution in [2.24, 2.45) is 35.5 Å². The summed E-state index contributed by atoms with van der Waals surface area (Å²) >= 11 is 0. The second-order valence-corrected chi connectivity index (χ2v) is 34.7. The highest BCUT2D eigenvalue weighted by atomic mass is 28.4. The predicted molar refractivity (Wildman–Crippen MR) is 319 cm³/mol. The van der Waals surface area contributed by atoms with Crippen molar-refractivity contribution in [3.63, 3.8) is 0 Å². The van der Waals surface area contributed by atoms with E-state index < -0.39 is 52.9 Å². The summed E-state index contributed by atoms with van der Waals surface area (Å²) in [7, 11) is 1.94. The summed E-state index contributed by atoms with van der Waals surface area (Å²) in [6, 6.07) is 21.3. The van der Waals surface area contributed by atoms with E-state index in [9.17, 15) is 15.0 Å². The molecule has 2 aromatic rings. The molecule has 2 N–H and O–H groups in total. The Morgan fingerprint density at radius 1 is 0.714 bits per heavy atom. The molecule has 4 rings (SSSR count). The number of aliphatic hydroxyl groups excluding tert-OH is 2. The molecule has 0 spiro atoms. The molecule has 436 valence electrons. The van der Waals surface area contributed by atoms with Crippen molar-refractivity contribution in [1.82, 2.24) is 0 Å². The SMILES string of the molecule is CO[C@H]([C@H](C)CO[Si](c1ccccc1)(c1ccccc1)C(C)(C)C)[C@@H](C)C(O)CC[C@H](C)[C@H](O)[C@H](C)[C@H]1OC(=O)/C=C/C(C)=C/C[C@H](O[Si](C)(C)C(C)(C)C)C[C@@H]2C=CC[C@@H](C[C@H](OC)[C@@H](C)[C@@H](OC)C[C@@H](OC)[C@@H]1C)O2. The van der Waals surface area contributed by atoms with E-state index in [1.165, 1.54) is 16.4 Å². The van der Waals surface area contributed by atoms with Crippen molar-refractivity contribution in [3.05, 3.63) is 96.6 Å². The van der Waals surface area contributed by atoms with Gasteiger partial charge < -0.3 is 47.5 Å². The maximum absolute atomic E-state index is 14.0. The fourth-order valence-electron chi connectivity index (χ4n) is 11.9. The lowest BCUT2D eigenvalue weighted by Crippen LogP contribution is -2.67. The van der Waals surface area contributed by atoms with Crippen LogP contribution < -0.4 is 10.4 Å². The highest BCUT2D eigenvalue weighted by Gasteiger charge is 2.51. The number of cyclic esters (lactones) is 1. The van der Waals surface area contributed by atoms with Crippen LogP contribution in [0.4, 0.5) is 0 Å². The van der Waals surface area contributed by atoms with Crippen LogP contribution in [0.25, 0.3) is 0 Å². The summed E-state index contributed by atoms with van der Waals surface area (Å²) in [4.78, 5) is 14.0. The largest absolute Gasteiger partial charge is 0.458 e. The van der Waals surface area contributed by atoms with Gasteiger partial charge in [0, 0.05) is 90.0 Å². The maximum Gasteiger partial charge on any atom is 0.331 e. The van der Waals surface area contributed by atoms with Gasteiger partial charge in [0.05, 0.1) is 54.9 Å². The second kappa shape index (κ2) is 30.3. The van der Waals surface area contributed by atoms with Gasteiger partial charge >= 0.3 is 5.97 Å². The number of aliphatic hydroxyl groups is 2. The zero-order chi connectivity index (χ0) is 57.5. The summed E-state index contributed by atoms with van der Waals surface area (Å²) in [6.07, 6.45) is 10.6. The third kappa shape index (κ3) is 18.1. The molecular weight excluding hydrogens is 1000 g/mol. The molecular formula is C64H106O11Si2. The molecule has 0 saturated heterocycles. The lowest BCUT2D eigenvalue weighted by molar-refractivity contribution is -0.159. The van der Waals surface area contributed by atoms with Crippen molar-refractivity contribution < 1.29 is 52.3 Å². The molecule has 0 aromatic heterocycles. The van der Waals surface area contributed by atoms with Crippen molar-refractivity contribution in [1.29, 1.82) is 0 Å². The van der Waals surface area contributed by atoms with E-state index in [0.29, 0.717) is 45.1 Å². The van der Waals surface area contributed by atoms with E-state index in [0.717, 1.165) is 12.0 Å². The number of rotatable bonds is 20. The first-order chi connectivity index (χ1) is 36.2. The number of allylic oxidation sites excluding steroid dienone is 2. The van der Waals surface area contributed by atoms with Crippen molar-refractivity contribution in [2.45, 2.75) is 219 Å². The summed E-state index contributed by atoms with van der Waals surface area (Å²) in [6.45, 7) is 33.0. The van der Waals surface area contributed by atoms with Gasteiger partial charge in [-0.3, -0.25) is 0 Å². The van der Waals surface area contributed by atoms with Crippen molar-refractivity contribution >= 4 is 33.0 Å². The molecule has 11 nitrogen and oxygen atoms in total. The Hall–Kier alpha value is -2.80. The van der Waals surface area contributed by atoms with Gasteiger partial charge in [-0.1, -0.05) is 174 Å². The lowest BCUT2D eigenvalue weighted by Gasteiger charge is -2.44. The summed E-state index contributed by atoms with van der Waals surface area (Å²) < 4.78 is 52.6. The zero-order valence-corrected chi connectivity index (χ0v) is 53.1. The predicted octanol–water partition coefficient (Wildman–Crippen LogP) is 12.0. The number of methoxy groups -OCH3 is 4. The van der Waals surface area contributed by atoms with Crippen molar-refractivity contribution in [3.8, 4) is 0 Å². The fraction of sp³-hybridized carbons (Fsp3) is 0.703. The van der Waals surface area contributed by atoms with Crippen LogP contribution in [0.5, 0.6) is 0 Å². The molecule has 0 saturated carbocycles. The molecule has 2 aliphatic heterocycles. The number of ether oxygens (including phenoxy) is 6. The number of carbonyl (C=O) groups excluding carboxylic acids is 1. The van der Waals surface area contributed by atoms with E-state index in [-0.39, 0.29) is 76.3 Å². The molecule has 16 atom stereocenters. The zero-order valence-electron chi connectivity index (χ0n) is 51.1. The fourth-order valence-corrected chi connectivity index (χ4v) is 18.0. The maximum atomic E-state index is 14.0. The first-order valence-electron chi connectivity index (χ1n) is 28.9. The van der Waals surface area contributed by atoms with Crippen LogP contribution in [-0.2, 0) is 42.1 Å². The van der Waals surface area contributed by atoms with Gasteiger partial charge in [0.2, 0.25) is 0 Å². The van der Waals surface area contributed by atoms with E-state index in [1.54, 1.807) is 28.4 Å². The molecule has 2 bridgehead atoms.